The number of nitrogens with zero attached hydrogens (tertiary/aromatic N) is 3. The Balaban J connectivity index is 2.18. The van der Waals surface area contributed by atoms with Crippen molar-refractivity contribution in [1.29, 1.82) is 0 Å². The Morgan fingerprint density at radius 1 is 1.30 bits per heavy atom. The van der Waals surface area contributed by atoms with Gasteiger partial charge >= 0.3 is 5.97 Å². The summed E-state index contributed by atoms with van der Waals surface area (Å²) in [6.07, 6.45) is 1.45. The standard InChI is InChI=1S/C15H17ClN4O3/c1-9(2)13(15(22)23-3)17-14(21)11-8-20(19-18-11)12-7-5-4-6-10(12)16/h4-9,13H,1-3H3,(H,17,21). The van der Waals surface area contributed by atoms with Crippen molar-refractivity contribution >= 4 is 23.5 Å². The number of amides is 1. The van der Waals surface area contributed by atoms with E-state index in [1.807, 2.05) is 13.8 Å². The van der Waals surface area contributed by atoms with Crippen molar-refractivity contribution in [1.82, 2.24) is 20.3 Å². The van der Waals surface area contributed by atoms with E-state index in [4.69, 9.17) is 11.6 Å². The molecule has 2 aromatic rings. The maximum Gasteiger partial charge on any atom is 0.328 e. The first-order valence-corrected chi connectivity index (χ1v) is 7.37. The van der Waals surface area contributed by atoms with Gasteiger partial charge in [-0.15, -0.1) is 5.10 Å². The van der Waals surface area contributed by atoms with Crippen LogP contribution in [0.25, 0.3) is 5.69 Å². The summed E-state index contributed by atoms with van der Waals surface area (Å²) in [5.74, 6) is -1.13. The molecule has 0 radical (unpaired) electrons. The minimum absolute atomic E-state index is 0.0828. The van der Waals surface area contributed by atoms with Crippen LogP contribution in [0, 0.1) is 5.92 Å². The molecule has 0 fully saturated rings. The first kappa shape index (κ1) is 17.0. The van der Waals surface area contributed by atoms with Crippen molar-refractivity contribution in [3.63, 3.8) is 0 Å². The predicted molar refractivity (Wildman–Crippen MR) is 84.5 cm³/mol. The lowest BCUT2D eigenvalue weighted by Gasteiger charge is -2.18. The van der Waals surface area contributed by atoms with E-state index >= 15 is 0 Å². The number of benzene rings is 1. The van der Waals surface area contributed by atoms with E-state index in [0.717, 1.165) is 0 Å². The van der Waals surface area contributed by atoms with Gasteiger partial charge in [0.25, 0.3) is 5.91 Å². The molecule has 1 amide bonds. The van der Waals surface area contributed by atoms with Gasteiger partial charge in [0, 0.05) is 0 Å². The largest absolute Gasteiger partial charge is 0.467 e. The highest BCUT2D eigenvalue weighted by Gasteiger charge is 2.26. The predicted octanol–water partition coefficient (Wildman–Crippen LogP) is 1.85. The van der Waals surface area contributed by atoms with Gasteiger partial charge < -0.3 is 10.1 Å². The normalized spacial score (nSPS) is 12.0. The summed E-state index contributed by atoms with van der Waals surface area (Å²) < 4.78 is 6.09. The average Bonchev–Trinajstić information content (AvgIpc) is 3.01. The maximum atomic E-state index is 12.2. The van der Waals surface area contributed by atoms with Crippen LogP contribution >= 0.6 is 11.6 Å². The van der Waals surface area contributed by atoms with Crippen molar-refractivity contribution in [2.45, 2.75) is 19.9 Å². The van der Waals surface area contributed by atoms with Gasteiger partial charge in [-0.05, 0) is 18.1 Å². The van der Waals surface area contributed by atoms with Gasteiger partial charge in [0.05, 0.1) is 24.0 Å². The molecule has 7 nitrogen and oxygen atoms in total. The smallest absolute Gasteiger partial charge is 0.328 e. The van der Waals surface area contributed by atoms with Crippen LogP contribution in [-0.2, 0) is 9.53 Å². The number of esters is 1. The number of carbonyl (C=O) groups is 2. The lowest BCUT2D eigenvalue weighted by atomic mass is 10.0. The lowest BCUT2D eigenvalue weighted by Crippen LogP contribution is -2.45. The number of para-hydroxylation sites is 1. The van der Waals surface area contributed by atoms with Crippen molar-refractivity contribution in [2.24, 2.45) is 5.92 Å². The molecule has 0 saturated carbocycles. The number of methoxy groups -OCH3 is 1. The quantitative estimate of drug-likeness (QED) is 0.842. The summed E-state index contributed by atoms with van der Waals surface area (Å²) in [5, 5.41) is 10.8. The Morgan fingerprint density at radius 2 is 2.00 bits per heavy atom. The van der Waals surface area contributed by atoms with Crippen LogP contribution < -0.4 is 5.32 Å². The molecule has 1 atom stereocenters. The number of aromatic nitrogens is 3. The van der Waals surface area contributed by atoms with Gasteiger partial charge in [-0.3, -0.25) is 4.79 Å². The molecule has 1 heterocycles. The van der Waals surface area contributed by atoms with Gasteiger partial charge in [0.1, 0.15) is 6.04 Å². The number of rotatable bonds is 5. The molecule has 1 aromatic carbocycles. The molecule has 0 spiro atoms. The Labute approximate surface area is 138 Å². The number of hydrogen-bond donors (Lipinski definition) is 1. The van der Waals surface area contributed by atoms with Crippen LogP contribution in [0.2, 0.25) is 5.02 Å². The molecule has 1 N–H and O–H groups in total. The molecule has 23 heavy (non-hydrogen) atoms. The van der Waals surface area contributed by atoms with Crippen LogP contribution in [0.5, 0.6) is 0 Å². The maximum absolute atomic E-state index is 12.2. The second-order valence-corrected chi connectivity index (χ2v) is 5.63. The van der Waals surface area contributed by atoms with Crippen molar-refractivity contribution in [2.75, 3.05) is 7.11 Å². The second-order valence-electron chi connectivity index (χ2n) is 5.22. The molecule has 0 bridgehead atoms. The van der Waals surface area contributed by atoms with Gasteiger partial charge in [-0.2, -0.15) is 0 Å². The van der Waals surface area contributed by atoms with Crippen LogP contribution in [-0.4, -0.2) is 40.0 Å². The lowest BCUT2D eigenvalue weighted by molar-refractivity contribution is -0.144. The summed E-state index contributed by atoms with van der Waals surface area (Å²) >= 11 is 6.08. The van der Waals surface area contributed by atoms with Crippen LogP contribution in [0.4, 0.5) is 0 Å². The van der Waals surface area contributed by atoms with Gasteiger partial charge in [0.15, 0.2) is 5.69 Å². The fourth-order valence-electron chi connectivity index (χ4n) is 1.96. The van der Waals surface area contributed by atoms with Gasteiger partial charge in [0.2, 0.25) is 0 Å². The van der Waals surface area contributed by atoms with E-state index in [9.17, 15) is 9.59 Å². The first-order valence-electron chi connectivity index (χ1n) is 7.00. The summed E-state index contributed by atoms with van der Waals surface area (Å²) in [6, 6.07) is 6.31. The Kier molecular flexibility index (Phi) is 5.33. The SMILES string of the molecule is COC(=O)C(NC(=O)c1cn(-c2ccccc2Cl)nn1)C(C)C. The average molecular weight is 337 g/mol. The highest BCUT2D eigenvalue weighted by atomic mass is 35.5. The van der Waals surface area contributed by atoms with Crippen molar-refractivity contribution in [3.05, 3.63) is 41.2 Å². The van der Waals surface area contributed by atoms with Crippen LogP contribution in [0.1, 0.15) is 24.3 Å². The fraction of sp³-hybridized carbons (Fsp3) is 0.333. The van der Waals surface area contributed by atoms with Crippen LogP contribution in [0.15, 0.2) is 30.5 Å². The third kappa shape index (κ3) is 3.87. The summed E-state index contributed by atoms with van der Waals surface area (Å²) in [5.41, 5.74) is 0.688. The summed E-state index contributed by atoms with van der Waals surface area (Å²) in [4.78, 5) is 23.9. The van der Waals surface area contributed by atoms with E-state index in [-0.39, 0.29) is 11.6 Å². The zero-order chi connectivity index (χ0) is 17.0. The van der Waals surface area contributed by atoms with E-state index < -0.39 is 17.9 Å². The third-order valence-electron chi connectivity index (χ3n) is 3.23. The summed E-state index contributed by atoms with van der Waals surface area (Å²) in [7, 11) is 1.28. The molecule has 8 heteroatoms. The fourth-order valence-corrected chi connectivity index (χ4v) is 2.19. The molecule has 0 aliphatic carbocycles. The second kappa shape index (κ2) is 7.23. The number of carbonyl (C=O) groups excluding carboxylic acids is 2. The van der Waals surface area contributed by atoms with Crippen LogP contribution in [0.3, 0.4) is 0 Å². The zero-order valence-electron chi connectivity index (χ0n) is 13.0. The van der Waals surface area contributed by atoms with E-state index in [1.54, 1.807) is 24.3 Å². The molecule has 1 unspecified atom stereocenters. The molecule has 122 valence electrons. The van der Waals surface area contributed by atoms with Gasteiger partial charge in [-0.1, -0.05) is 42.8 Å². The zero-order valence-corrected chi connectivity index (χ0v) is 13.7. The molecular weight excluding hydrogens is 320 g/mol. The molecule has 2 rings (SSSR count). The molecule has 0 saturated heterocycles. The van der Waals surface area contributed by atoms with Crippen molar-refractivity contribution < 1.29 is 14.3 Å². The molecule has 0 aliphatic heterocycles. The Morgan fingerprint density at radius 3 is 2.61 bits per heavy atom. The topological polar surface area (TPSA) is 86.1 Å². The molecule has 1 aromatic heterocycles. The molecular formula is C15H17ClN4O3. The Hall–Kier alpha value is -2.41. The monoisotopic (exact) mass is 336 g/mol. The molecule has 0 aliphatic rings. The first-order chi connectivity index (χ1) is 10.9. The van der Waals surface area contributed by atoms with E-state index in [1.165, 1.54) is 18.0 Å². The summed E-state index contributed by atoms with van der Waals surface area (Å²) in [6.45, 7) is 3.62. The van der Waals surface area contributed by atoms with E-state index in [2.05, 4.69) is 20.4 Å². The number of ether oxygens (including phenoxy) is 1. The number of halogens is 1. The van der Waals surface area contributed by atoms with Crippen molar-refractivity contribution in [3.8, 4) is 5.69 Å². The Bertz CT molecular complexity index is 714. The highest BCUT2D eigenvalue weighted by Crippen LogP contribution is 2.18. The third-order valence-corrected chi connectivity index (χ3v) is 3.55. The highest BCUT2D eigenvalue weighted by molar-refractivity contribution is 6.32. The minimum atomic E-state index is -0.752. The number of nitrogens with one attached hydrogen (secondary N) is 1. The number of hydrogen-bond acceptors (Lipinski definition) is 5. The minimum Gasteiger partial charge on any atom is -0.467 e. The van der Waals surface area contributed by atoms with E-state index in [0.29, 0.717) is 10.7 Å². The van der Waals surface area contributed by atoms with Gasteiger partial charge in [-0.25, -0.2) is 9.48 Å².